The molecule has 0 spiro atoms. The number of aromatic nitrogens is 1. The molecule has 0 saturated carbocycles. The highest BCUT2D eigenvalue weighted by Gasteiger charge is 2.31. The van der Waals surface area contributed by atoms with Gasteiger partial charge in [-0.3, -0.25) is 14.4 Å². The van der Waals surface area contributed by atoms with Gasteiger partial charge in [0.25, 0.3) is 0 Å². The summed E-state index contributed by atoms with van der Waals surface area (Å²) in [6.07, 6.45) is 2.54. The van der Waals surface area contributed by atoms with Crippen LogP contribution < -0.4 is 4.74 Å². The minimum atomic E-state index is -0.595. The van der Waals surface area contributed by atoms with Crippen molar-refractivity contribution in [2.75, 3.05) is 40.4 Å². The Morgan fingerprint density at radius 2 is 1.78 bits per heavy atom. The fourth-order valence-corrected chi connectivity index (χ4v) is 5.65. The highest BCUT2D eigenvalue weighted by Crippen LogP contribution is 2.36. The van der Waals surface area contributed by atoms with E-state index >= 15 is 0 Å². The number of hydrogen-bond donors (Lipinski definition) is 0. The maximum atomic E-state index is 13.1. The molecule has 1 aromatic heterocycles. The second-order valence-electron chi connectivity index (χ2n) is 12.2. The number of carbonyl (C=O) groups is 2. The van der Waals surface area contributed by atoms with Crippen molar-refractivity contribution in [3.8, 4) is 5.75 Å². The Balaban J connectivity index is 1.72. The molecule has 41 heavy (non-hydrogen) atoms. The molecule has 1 saturated heterocycles. The molecule has 2 heterocycles. The van der Waals surface area contributed by atoms with E-state index in [0.29, 0.717) is 18.0 Å². The Morgan fingerprint density at radius 1 is 1.07 bits per heavy atom. The lowest BCUT2D eigenvalue weighted by atomic mass is 9.97. The Bertz CT molecular complexity index is 1370. The number of esters is 1. The van der Waals surface area contributed by atoms with Crippen molar-refractivity contribution < 1.29 is 23.8 Å². The molecule has 0 bridgehead atoms. The molecule has 1 aliphatic rings. The monoisotopic (exact) mass is 563 g/mol. The second-order valence-corrected chi connectivity index (χ2v) is 12.2. The fourth-order valence-electron chi connectivity index (χ4n) is 5.65. The highest BCUT2D eigenvalue weighted by molar-refractivity contribution is 5.95. The van der Waals surface area contributed by atoms with Crippen LogP contribution >= 0.6 is 0 Å². The number of nitrogens with zero attached hydrogens (tertiary/aromatic N) is 3. The molecular formula is C33H45N3O5. The van der Waals surface area contributed by atoms with Crippen LogP contribution in [0.2, 0.25) is 0 Å². The molecule has 1 aliphatic heterocycles. The Hall–Kier alpha value is -3.36. The molecule has 3 aromatic rings. The van der Waals surface area contributed by atoms with E-state index in [1.165, 1.54) is 7.11 Å². The van der Waals surface area contributed by atoms with Crippen LogP contribution in [0, 0.1) is 12.8 Å². The summed E-state index contributed by atoms with van der Waals surface area (Å²) < 4.78 is 18.1. The summed E-state index contributed by atoms with van der Waals surface area (Å²) in [5, 5.41) is 0.981. The van der Waals surface area contributed by atoms with E-state index in [1.54, 1.807) is 17.9 Å². The third kappa shape index (κ3) is 6.93. The van der Waals surface area contributed by atoms with Gasteiger partial charge in [0.2, 0.25) is 0 Å². The third-order valence-electron chi connectivity index (χ3n) is 7.96. The molecular weight excluding hydrogens is 518 g/mol. The van der Waals surface area contributed by atoms with Crippen molar-refractivity contribution in [1.82, 2.24) is 14.4 Å². The number of rotatable bonds is 8. The minimum absolute atomic E-state index is 0.119. The van der Waals surface area contributed by atoms with Crippen molar-refractivity contribution in [3.05, 3.63) is 64.8 Å². The molecule has 0 amide bonds. The number of methoxy groups -OCH3 is 2. The minimum Gasteiger partial charge on any atom is -0.496 e. The standard InChI is InChI=1S/C33H45N3O5/c1-9-22(2)19-34-16-17-35(28(21-34)24-10-12-25(13-11-24)31(37)40-8)20-27-26-14-15-36(32(38)41-33(4,5)6)30(26)23(3)18-29(27)39-7/h10-15,18,22,28H,9,16-17,19-21H2,1-8H3. The molecule has 1 fully saturated rings. The van der Waals surface area contributed by atoms with Gasteiger partial charge in [-0.15, -0.1) is 0 Å². The molecule has 0 aliphatic carbocycles. The van der Waals surface area contributed by atoms with Gasteiger partial charge in [0.1, 0.15) is 11.4 Å². The van der Waals surface area contributed by atoms with Crippen LogP contribution in [0.25, 0.3) is 10.9 Å². The van der Waals surface area contributed by atoms with E-state index in [4.69, 9.17) is 14.2 Å². The van der Waals surface area contributed by atoms with Gasteiger partial charge in [0.05, 0.1) is 25.3 Å². The highest BCUT2D eigenvalue weighted by atomic mass is 16.6. The van der Waals surface area contributed by atoms with Crippen LogP contribution in [0.4, 0.5) is 4.79 Å². The van der Waals surface area contributed by atoms with Crippen molar-refractivity contribution in [3.63, 3.8) is 0 Å². The van der Waals surface area contributed by atoms with Gasteiger partial charge in [-0.05, 0) is 69.0 Å². The van der Waals surface area contributed by atoms with Crippen LogP contribution in [-0.2, 0) is 16.0 Å². The fraction of sp³-hybridized carbons (Fsp3) is 0.515. The molecule has 0 radical (unpaired) electrons. The van der Waals surface area contributed by atoms with Crippen molar-refractivity contribution in [2.45, 2.75) is 66.2 Å². The number of ether oxygens (including phenoxy) is 3. The van der Waals surface area contributed by atoms with E-state index in [-0.39, 0.29) is 12.0 Å². The van der Waals surface area contributed by atoms with Crippen LogP contribution in [0.5, 0.6) is 5.75 Å². The van der Waals surface area contributed by atoms with Crippen molar-refractivity contribution in [2.24, 2.45) is 5.92 Å². The van der Waals surface area contributed by atoms with Gasteiger partial charge in [-0.25, -0.2) is 9.59 Å². The largest absolute Gasteiger partial charge is 0.496 e. The lowest BCUT2D eigenvalue weighted by Gasteiger charge is -2.43. The van der Waals surface area contributed by atoms with Gasteiger partial charge < -0.3 is 14.2 Å². The summed E-state index contributed by atoms with van der Waals surface area (Å²) in [6, 6.07) is 11.9. The van der Waals surface area contributed by atoms with Crippen LogP contribution in [-0.4, -0.2) is 72.4 Å². The van der Waals surface area contributed by atoms with E-state index in [2.05, 4.69) is 23.6 Å². The Kier molecular flexibility index (Phi) is 9.44. The summed E-state index contributed by atoms with van der Waals surface area (Å²) in [5.74, 6) is 1.09. The predicted octanol–water partition coefficient (Wildman–Crippen LogP) is 6.43. The van der Waals surface area contributed by atoms with Crippen molar-refractivity contribution in [1.29, 1.82) is 0 Å². The van der Waals surface area contributed by atoms with E-state index < -0.39 is 11.7 Å². The zero-order valence-corrected chi connectivity index (χ0v) is 25.8. The third-order valence-corrected chi connectivity index (χ3v) is 7.96. The molecule has 8 heteroatoms. The van der Waals surface area contributed by atoms with Gasteiger partial charge in [0, 0.05) is 55.9 Å². The second kappa shape index (κ2) is 12.7. The van der Waals surface area contributed by atoms with Gasteiger partial charge >= 0.3 is 12.1 Å². The molecule has 2 aromatic carbocycles. The smallest absolute Gasteiger partial charge is 0.419 e. The van der Waals surface area contributed by atoms with Gasteiger partial charge in [-0.2, -0.15) is 0 Å². The van der Waals surface area contributed by atoms with Crippen molar-refractivity contribution >= 4 is 23.0 Å². The summed E-state index contributed by atoms with van der Waals surface area (Å²) in [5.41, 5.74) is 3.93. The Labute approximate surface area is 244 Å². The first-order valence-corrected chi connectivity index (χ1v) is 14.5. The molecule has 0 N–H and O–H groups in total. The van der Waals surface area contributed by atoms with Crippen LogP contribution in [0.1, 0.15) is 74.1 Å². The lowest BCUT2D eigenvalue weighted by molar-refractivity contribution is 0.0542. The Morgan fingerprint density at radius 3 is 2.39 bits per heavy atom. The van der Waals surface area contributed by atoms with Gasteiger partial charge in [0.15, 0.2) is 0 Å². The molecule has 8 nitrogen and oxygen atoms in total. The summed E-state index contributed by atoms with van der Waals surface area (Å²) in [7, 11) is 3.10. The predicted molar refractivity (Wildman–Crippen MR) is 162 cm³/mol. The van der Waals surface area contributed by atoms with Gasteiger partial charge in [-0.1, -0.05) is 32.4 Å². The summed E-state index contributed by atoms with van der Waals surface area (Å²) in [6.45, 7) is 16.6. The number of fused-ring (bicyclic) bond motifs is 1. The van der Waals surface area contributed by atoms with E-state index in [9.17, 15) is 9.59 Å². The molecule has 222 valence electrons. The number of piperazine rings is 1. The molecule has 4 rings (SSSR count). The maximum absolute atomic E-state index is 13.1. The normalized spacial score (nSPS) is 17.4. The first-order chi connectivity index (χ1) is 19.4. The van der Waals surface area contributed by atoms with E-state index in [1.807, 2.05) is 64.1 Å². The lowest BCUT2D eigenvalue weighted by Crippen LogP contribution is -2.49. The molecule has 2 atom stereocenters. The van der Waals surface area contributed by atoms with Crippen LogP contribution in [0.15, 0.2) is 42.6 Å². The summed E-state index contributed by atoms with van der Waals surface area (Å²) >= 11 is 0. The number of hydrogen-bond acceptors (Lipinski definition) is 7. The molecule has 2 unspecified atom stereocenters. The first-order valence-electron chi connectivity index (χ1n) is 14.5. The zero-order valence-electron chi connectivity index (χ0n) is 25.8. The first kappa shape index (κ1) is 30.6. The number of aryl methyl sites for hydroxylation is 1. The number of benzene rings is 2. The SMILES string of the molecule is CCC(C)CN1CCN(Cc2c(OC)cc(C)c3c2ccn3C(=O)OC(C)(C)C)C(c2ccc(C(=O)OC)cc2)C1. The topological polar surface area (TPSA) is 73.2 Å². The zero-order chi connectivity index (χ0) is 29.9. The average molecular weight is 564 g/mol. The number of carbonyl (C=O) groups excluding carboxylic acids is 2. The summed E-state index contributed by atoms with van der Waals surface area (Å²) in [4.78, 5) is 30.2. The quantitative estimate of drug-likeness (QED) is 0.292. The van der Waals surface area contributed by atoms with E-state index in [0.717, 1.165) is 65.9 Å². The van der Waals surface area contributed by atoms with Crippen LogP contribution in [0.3, 0.4) is 0 Å². The maximum Gasteiger partial charge on any atom is 0.419 e. The average Bonchev–Trinajstić information content (AvgIpc) is 3.40.